The number of aryl methyl sites for hydroxylation is 1. The first-order valence-corrected chi connectivity index (χ1v) is 10.5. The summed E-state index contributed by atoms with van der Waals surface area (Å²) in [6, 6.07) is 3.68. The summed E-state index contributed by atoms with van der Waals surface area (Å²) >= 11 is 0. The van der Waals surface area contributed by atoms with Crippen LogP contribution in [0, 0.1) is 18.3 Å². The highest BCUT2D eigenvalue weighted by atomic mass is 16.6. The number of phenolic OH excluding ortho intramolecular Hbond substituents is 1. The Morgan fingerprint density at radius 2 is 1.79 bits per heavy atom. The molecule has 0 aliphatic carbocycles. The van der Waals surface area contributed by atoms with Crippen LogP contribution in [-0.4, -0.2) is 63.4 Å². The predicted molar refractivity (Wildman–Crippen MR) is 121 cm³/mol. The van der Waals surface area contributed by atoms with Gasteiger partial charge < -0.3 is 30.5 Å². The Morgan fingerprint density at radius 1 is 1.18 bits per heavy atom. The van der Waals surface area contributed by atoms with E-state index in [9.17, 15) is 29.9 Å². The lowest BCUT2D eigenvalue weighted by Crippen LogP contribution is -2.55. The summed E-state index contributed by atoms with van der Waals surface area (Å²) in [4.78, 5) is 39.7. The van der Waals surface area contributed by atoms with Gasteiger partial charge in [-0.3, -0.25) is 9.59 Å². The molecule has 1 aromatic carbocycles. The van der Waals surface area contributed by atoms with Crippen molar-refractivity contribution < 1.29 is 29.3 Å². The molecule has 4 N–H and O–H groups in total. The molecule has 10 heteroatoms. The molecule has 1 rings (SSSR count). The maximum Gasteiger partial charge on any atom is 0.408 e. The summed E-state index contributed by atoms with van der Waals surface area (Å²) in [6.07, 6.45) is -0.944. The highest BCUT2D eigenvalue weighted by Crippen LogP contribution is 2.32. The molecule has 0 aliphatic heterocycles. The summed E-state index contributed by atoms with van der Waals surface area (Å²) in [6.45, 7) is 10.4. The second-order valence-electron chi connectivity index (χ2n) is 9.66. The molecule has 0 aliphatic rings. The van der Waals surface area contributed by atoms with E-state index in [-0.39, 0.29) is 11.3 Å². The van der Waals surface area contributed by atoms with Gasteiger partial charge in [0.15, 0.2) is 0 Å². The molecule has 182 valence electrons. The van der Waals surface area contributed by atoms with Gasteiger partial charge in [0.05, 0.1) is 12.7 Å². The largest absolute Gasteiger partial charge is 0.507 e. The molecule has 0 heterocycles. The van der Waals surface area contributed by atoms with Crippen LogP contribution in [0.25, 0.3) is 0 Å². The number of phenols is 1. The van der Waals surface area contributed by atoms with Crippen molar-refractivity contribution in [1.29, 1.82) is 5.26 Å². The number of hydrogen-bond donors (Lipinski definition) is 4. The number of amides is 3. The third kappa shape index (κ3) is 8.27. The molecule has 3 amide bonds. The van der Waals surface area contributed by atoms with Gasteiger partial charge in [-0.1, -0.05) is 18.2 Å². The lowest BCUT2D eigenvalue weighted by Gasteiger charge is -2.34. The molecule has 0 fully saturated rings. The molecule has 0 saturated carbocycles. The van der Waals surface area contributed by atoms with Crippen molar-refractivity contribution in [2.45, 2.75) is 71.7 Å². The van der Waals surface area contributed by atoms with Crippen molar-refractivity contribution in [2.75, 3.05) is 13.2 Å². The second kappa shape index (κ2) is 11.0. The van der Waals surface area contributed by atoms with Crippen molar-refractivity contribution in [2.24, 2.45) is 0 Å². The van der Waals surface area contributed by atoms with Crippen LogP contribution in [0.3, 0.4) is 0 Å². The molecular weight excluding hydrogens is 428 g/mol. The molecule has 0 aromatic heterocycles. The highest BCUT2D eigenvalue weighted by molar-refractivity contribution is 5.93. The van der Waals surface area contributed by atoms with Gasteiger partial charge in [-0.25, -0.2) is 4.79 Å². The number of carbonyl (C=O) groups is 3. The first-order chi connectivity index (χ1) is 15.1. The van der Waals surface area contributed by atoms with Crippen molar-refractivity contribution in [3.05, 3.63) is 29.3 Å². The van der Waals surface area contributed by atoms with Gasteiger partial charge in [-0.2, -0.15) is 5.26 Å². The monoisotopic (exact) mass is 462 g/mol. The van der Waals surface area contributed by atoms with E-state index in [1.807, 2.05) is 6.07 Å². The van der Waals surface area contributed by atoms with E-state index in [1.165, 1.54) is 6.07 Å². The summed E-state index contributed by atoms with van der Waals surface area (Å²) < 4.78 is 5.14. The topological polar surface area (TPSA) is 152 Å². The number of nitrogens with one attached hydrogen (secondary N) is 2. The van der Waals surface area contributed by atoms with E-state index >= 15 is 0 Å². The fraction of sp³-hybridized carbons (Fsp3) is 0.565. The van der Waals surface area contributed by atoms with Crippen molar-refractivity contribution in [1.82, 2.24) is 15.5 Å². The van der Waals surface area contributed by atoms with E-state index in [2.05, 4.69) is 10.6 Å². The normalized spacial score (nSPS) is 13.3. The summed E-state index contributed by atoms with van der Waals surface area (Å²) in [5.41, 5.74) is -0.950. The number of aromatic hydroxyl groups is 1. The minimum absolute atomic E-state index is 0.106. The van der Waals surface area contributed by atoms with Gasteiger partial charge >= 0.3 is 6.09 Å². The molecule has 10 nitrogen and oxygen atoms in total. The molecule has 2 atom stereocenters. The van der Waals surface area contributed by atoms with Crippen molar-refractivity contribution in [3.63, 3.8) is 0 Å². The average molecular weight is 463 g/mol. The van der Waals surface area contributed by atoms with Gasteiger partial charge in [0.2, 0.25) is 11.8 Å². The molecule has 0 radical (unpaired) electrons. The fourth-order valence-corrected chi connectivity index (χ4v) is 3.00. The first-order valence-electron chi connectivity index (χ1n) is 10.5. The van der Waals surface area contributed by atoms with Crippen LogP contribution in [0.5, 0.6) is 5.75 Å². The van der Waals surface area contributed by atoms with Gasteiger partial charge in [0, 0.05) is 11.1 Å². The Labute approximate surface area is 194 Å². The number of nitriles is 1. The van der Waals surface area contributed by atoms with Gasteiger partial charge in [0.25, 0.3) is 0 Å². The number of alkyl carbamates (subject to hydrolysis) is 1. The average Bonchev–Trinajstić information content (AvgIpc) is 2.65. The zero-order valence-electron chi connectivity index (χ0n) is 20.2. The van der Waals surface area contributed by atoms with Crippen molar-refractivity contribution in [3.8, 4) is 11.8 Å². The first kappa shape index (κ1) is 27.7. The number of ether oxygens (including phenoxy) is 1. The summed E-state index contributed by atoms with van der Waals surface area (Å²) in [7, 11) is 0. The zero-order chi connectivity index (χ0) is 25.6. The Kier molecular flexibility index (Phi) is 9.24. The van der Waals surface area contributed by atoms with E-state index in [0.29, 0.717) is 5.56 Å². The quantitative estimate of drug-likeness (QED) is 0.452. The van der Waals surface area contributed by atoms with E-state index in [0.717, 1.165) is 4.90 Å². The minimum Gasteiger partial charge on any atom is -0.507 e. The Balaban J connectivity index is 3.47. The third-order valence-corrected chi connectivity index (χ3v) is 4.32. The maximum atomic E-state index is 13.3. The van der Waals surface area contributed by atoms with E-state index in [4.69, 9.17) is 4.74 Å². The van der Waals surface area contributed by atoms with Crippen LogP contribution in [0.4, 0.5) is 4.79 Å². The molecule has 0 spiro atoms. The Hall–Kier alpha value is -3.32. The Bertz CT molecular complexity index is 911. The SMILES string of the molecule is Cc1cccc(C(C(=O)NC(C)(C)C)N(CC#N)C(=O)C(CO)NC(=O)OC(C)(C)C)c1O. The van der Waals surface area contributed by atoms with Gasteiger partial charge in [0.1, 0.15) is 30.0 Å². The third-order valence-electron chi connectivity index (χ3n) is 4.32. The number of nitrogens with zero attached hydrogens (tertiary/aromatic N) is 2. The number of aliphatic hydroxyl groups is 1. The van der Waals surface area contributed by atoms with Crippen LogP contribution in [0.2, 0.25) is 0 Å². The predicted octanol–water partition coefficient (Wildman–Crippen LogP) is 1.89. The van der Waals surface area contributed by atoms with E-state index in [1.54, 1.807) is 60.6 Å². The lowest BCUT2D eigenvalue weighted by molar-refractivity contribution is -0.143. The number of aliphatic hydroxyl groups excluding tert-OH is 1. The van der Waals surface area contributed by atoms with Crippen LogP contribution < -0.4 is 10.6 Å². The fourth-order valence-electron chi connectivity index (χ4n) is 3.00. The standard InChI is InChI=1S/C23H34N4O6/c1-14-9-8-10-15(18(14)29)17(19(30)26-22(2,3)4)27(12-11-24)20(31)16(13-28)25-21(32)33-23(5,6)7/h8-10,16-17,28-29H,12-13H2,1-7H3,(H,25,32)(H,26,30). The number of hydrogen-bond acceptors (Lipinski definition) is 7. The smallest absolute Gasteiger partial charge is 0.408 e. The Morgan fingerprint density at radius 3 is 2.27 bits per heavy atom. The second-order valence-corrected chi connectivity index (χ2v) is 9.66. The summed E-state index contributed by atoms with van der Waals surface area (Å²) in [5, 5.41) is 34.9. The van der Waals surface area contributed by atoms with E-state index < -0.39 is 54.3 Å². The molecule has 0 saturated heterocycles. The molecule has 33 heavy (non-hydrogen) atoms. The van der Waals surface area contributed by atoms with Gasteiger partial charge in [-0.15, -0.1) is 0 Å². The van der Waals surface area contributed by atoms with Crippen LogP contribution >= 0.6 is 0 Å². The van der Waals surface area contributed by atoms with Gasteiger partial charge in [-0.05, 0) is 54.0 Å². The number of rotatable bonds is 7. The zero-order valence-corrected chi connectivity index (χ0v) is 20.2. The molecule has 0 bridgehead atoms. The van der Waals surface area contributed by atoms with Crippen LogP contribution in [0.1, 0.15) is 58.7 Å². The minimum atomic E-state index is -1.48. The van der Waals surface area contributed by atoms with Crippen molar-refractivity contribution >= 4 is 17.9 Å². The number of para-hydroxylation sites is 1. The lowest BCUT2D eigenvalue weighted by atomic mass is 9.98. The molecule has 2 unspecified atom stereocenters. The maximum absolute atomic E-state index is 13.3. The van der Waals surface area contributed by atoms with Crippen LogP contribution in [-0.2, 0) is 14.3 Å². The highest BCUT2D eigenvalue weighted by Gasteiger charge is 2.38. The number of carbonyl (C=O) groups excluding carboxylic acids is 3. The van der Waals surface area contributed by atoms with Crippen LogP contribution in [0.15, 0.2) is 18.2 Å². The molecular formula is C23H34N4O6. The summed E-state index contributed by atoms with van der Waals surface area (Å²) in [5.74, 6) is -1.73. The number of benzene rings is 1. The molecule has 1 aromatic rings.